The third kappa shape index (κ3) is 9.18. The van der Waals surface area contributed by atoms with E-state index < -0.39 is 28.5 Å². The number of amides is 2. The Bertz CT molecular complexity index is 1670. The number of ether oxygens (including phenoxy) is 1. The second-order valence-corrected chi connectivity index (χ2v) is 13.8. The Morgan fingerprint density at radius 1 is 0.844 bits per heavy atom. The maximum absolute atomic E-state index is 14.5. The van der Waals surface area contributed by atoms with E-state index in [1.807, 2.05) is 68.4 Å². The van der Waals surface area contributed by atoms with Gasteiger partial charge in [-0.05, 0) is 65.6 Å². The Balaban J connectivity index is 1.79. The number of nitrogens with one attached hydrogen (secondary N) is 1. The molecule has 0 aliphatic carbocycles. The van der Waals surface area contributed by atoms with Gasteiger partial charge in [0, 0.05) is 24.0 Å². The molecular formula is C35H38BrN3O5S. The number of hydrogen-bond acceptors (Lipinski definition) is 5. The van der Waals surface area contributed by atoms with Crippen molar-refractivity contribution in [3.8, 4) is 5.75 Å². The molecule has 0 bridgehead atoms. The molecule has 0 radical (unpaired) electrons. The lowest BCUT2D eigenvalue weighted by molar-refractivity contribution is -0.140. The van der Waals surface area contributed by atoms with Crippen LogP contribution < -0.4 is 14.4 Å². The molecule has 10 heteroatoms. The van der Waals surface area contributed by atoms with Crippen molar-refractivity contribution in [2.45, 2.75) is 37.8 Å². The predicted molar refractivity (Wildman–Crippen MR) is 180 cm³/mol. The average molecular weight is 693 g/mol. The van der Waals surface area contributed by atoms with E-state index >= 15 is 0 Å². The Morgan fingerprint density at radius 2 is 1.47 bits per heavy atom. The maximum Gasteiger partial charge on any atom is 0.264 e. The minimum absolute atomic E-state index is 0.0441. The maximum atomic E-state index is 14.5. The van der Waals surface area contributed by atoms with E-state index in [0.717, 1.165) is 19.9 Å². The normalized spacial score (nSPS) is 11.9. The lowest BCUT2D eigenvalue weighted by atomic mass is 10.0. The molecule has 0 aliphatic rings. The number of nitrogens with zero attached hydrogens (tertiary/aromatic N) is 2. The Hall–Kier alpha value is -4.15. The van der Waals surface area contributed by atoms with E-state index in [4.69, 9.17) is 4.74 Å². The zero-order valence-electron chi connectivity index (χ0n) is 25.6. The molecule has 2 amide bonds. The van der Waals surface area contributed by atoms with Crippen molar-refractivity contribution in [2.75, 3.05) is 24.5 Å². The summed E-state index contributed by atoms with van der Waals surface area (Å²) in [4.78, 5) is 29.9. The van der Waals surface area contributed by atoms with Gasteiger partial charge in [-0.25, -0.2) is 8.42 Å². The quantitative estimate of drug-likeness (QED) is 0.173. The monoisotopic (exact) mass is 691 g/mol. The molecule has 0 saturated carbocycles. The Labute approximate surface area is 274 Å². The van der Waals surface area contributed by atoms with Crippen LogP contribution in [0.25, 0.3) is 0 Å². The zero-order valence-corrected chi connectivity index (χ0v) is 28.0. The van der Waals surface area contributed by atoms with Gasteiger partial charge in [0.2, 0.25) is 11.8 Å². The predicted octanol–water partition coefficient (Wildman–Crippen LogP) is 6.07. The second kappa shape index (κ2) is 15.7. The molecule has 8 nitrogen and oxygen atoms in total. The average Bonchev–Trinajstić information content (AvgIpc) is 3.05. The molecule has 0 saturated heterocycles. The fourth-order valence-electron chi connectivity index (χ4n) is 4.81. The number of anilines is 1. The largest absolute Gasteiger partial charge is 0.497 e. The summed E-state index contributed by atoms with van der Waals surface area (Å²) in [6.45, 7) is 3.99. The first-order chi connectivity index (χ1) is 21.6. The number of sulfonamides is 1. The van der Waals surface area contributed by atoms with Gasteiger partial charge in [0.1, 0.15) is 18.3 Å². The molecule has 0 heterocycles. The van der Waals surface area contributed by atoms with Crippen LogP contribution in [-0.4, -0.2) is 51.4 Å². The van der Waals surface area contributed by atoms with Crippen LogP contribution in [0.5, 0.6) is 5.75 Å². The fraction of sp³-hybridized carbons (Fsp3) is 0.257. The van der Waals surface area contributed by atoms with Gasteiger partial charge in [-0.3, -0.25) is 13.9 Å². The Morgan fingerprint density at radius 3 is 2.07 bits per heavy atom. The van der Waals surface area contributed by atoms with Crippen LogP contribution >= 0.6 is 15.9 Å². The van der Waals surface area contributed by atoms with Gasteiger partial charge in [-0.2, -0.15) is 0 Å². The van der Waals surface area contributed by atoms with Crippen LogP contribution in [0.15, 0.2) is 119 Å². The van der Waals surface area contributed by atoms with Crippen molar-refractivity contribution in [1.82, 2.24) is 10.2 Å². The first kappa shape index (κ1) is 33.7. The summed E-state index contributed by atoms with van der Waals surface area (Å²) < 4.78 is 35.3. The fourth-order valence-corrected chi connectivity index (χ4v) is 6.69. The van der Waals surface area contributed by atoms with Gasteiger partial charge in [0.25, 0.3) is 10.0 Å². The molecule has 1 atom stereocenters. The number of methoxy groups -OCH3 is 1. The molecule has 45 heavy (non-hydrogen) atoms. The summed E-state index contributed by atoms with van der Waals surface area (Å²) in [6, 6.07) is 30.5. The van der Waals surface area contributed by atoms with Crippen LogP contribution in [-0.2, 0) is 32.6 Å². The third-order valence-electron chi connectivity index (χ3n) is 7.17. The van der Waals surface area contributed by atoms with Crippen LogP contribution in [0.4, 0.5) is 5.69 Å². The number of carbonyl (C=O) groups excluding carboxylic acids is 2. The van der Waals surface area contributed by atoms with Gasteiger partial charge in [0.15, 0.2) is 0 Å². The molecule has 236 valence electrons. The highest BCUT2D eigenvalue weighted by Gasteiger charge is 2.34. The molecule has 4 aromatic rings. The number of rotatable bonds is 14. The topological polar surface area (TPSA) is 96.0 Å². The van der Waals surface area contributed by atoms with Crippen molar-refractivity contribution < 1.29 is 22.7 Å². The smallest absolute Gasteiger partial charge is 0.264 e. The van der Waals surface area contributed by atoms with Crippen LogP contribution in [0.3, 0.4) is 0 Å². The number of hydrogen-bond donors (Lipinski definition) is 1. The van der Waals surface area contributed by atoms with Crippen LogP contribution in [0, 0.1) is 5.92 Å². The third-order valence-corrected chi connectivity index (χ3v) is 9.45. The summed E-state index contributed by atoms with van der Waals surface area (Å²) in [5.41, 5.74) is 1.95. The standard InChI is InChI=1S/C35H38BrN3O5S/c1-26(2)23-37-35(41)33(22-27-11-6-4-7-12-27)38(24-28-13-10-14-29(36)21-28)34(40)25-39(30-17-19-31(44-3)20-18-30)45(42,43)32-15-8-5-9-16-32/h4-21,26,33H,22-25H2,1-3H3,(H,37,41)/t33-/m1/s1. The van der Waals surface area contributed by atoms with Gasteiger partial charge < -0.3 is 15.0 Å². The highest BCUT2D eigenvalue weighted by atomic mass is 79.9. The summed E-state index contributed by atoms with van der Waals surface area (Å²) in [5.74, 6) is -0.0889. The summed E-state index contributed by atoms with van der Waals surface area (Å²) in [7, 11) is -2.65. The van der Waals surface area contributed by atoms with Crippen LogP contribution in [0.1, 0.15) is 25.0 Å². The van der Waals surface area contributed by atoms with E-state index in [0.29, 0.717) is 18.0 Å². The van der Waals surface area contributed by atoms with Crippen molar-refractivity contribution in [3.63, 3.8) is 0 Å². The highest BCUT2D eigenvalue weighted by molar-refractivity contribution is 9.10. The van der Waals surface area contributed by atoms with E-state index in [1.165, 1.54) is 24.1 Å². The highest BCUT2D eigenvalue weighted by Crippen LogP contribution is 2.27. The molecule has 1 N–H and O–H groups in total. The minimum Gasteiger partial charge on any atom is -0.497 e. The van der Waals surface area contributed by atoms with Crippen molar-refractivity contribution in [1.29, 1.82) is 0 Å². The molecule has 4 rings (SSSR count). The van der Waals surface area contributed by atoms with Crippen LogP contribution in [0.2, 0.25) is 0 Å². The van der Waals surface area contributed by atoms with Crippen molar-refractivity contribution >= 4 is 43.5 Å². The SMILES string of the molecule is COc1ccc(N(CC(=O)N(Cc2cccc(Br)c2)[C@H](Cc2ccccc2)C(=O)NCC(C)C)S(=O)(=O)c2ccccc2)cc1. The molecule has 0 aliphatic heterocycles. The first-order valence-electron chi connectivity index (χ1n) is 14.7. The van der Waals surface area contributed by atoms with Gasteiger partial charge >= 0.3 is 0 Å². The van der Waals surface area contributed by atoms with E-state index in [2.05, 4.69) is 21.2 Å². The minimum atomic E-state index is -4.17. The van der Waals surface area contributed by atoms with Crippen molar-refractivity contribution in [2.24, 2.45) is 5.92 Å². The summed E-state index contributed by atoms with van der Waals surface area (Å²) >= 11 is 3.50. The molecule has 0 aromatic heterocycles. The van der Waals surface area contributed by atoms with Gasteiger partial charge in [-0.15, -0.1) is 0 Å². The lowest BCUT2D eigenvalue weighted by Gasteiger charge is -2.34. The van der Waals surface area contributed by atoms with E-state index in [9.17, 15) is 18.0 Å². The number of carbonyl (C=O) groups is 2. The number of halogens is 1. The summed E-state index contributed by atoms with van der Waals surface area (Å²) in [5, 5.41) is 3.00. The van der Waals surface area contributed by atoms with Gasteiger partial charge in [-0.1, -0.05) is 90.4 Å². The molecule has 0 unspecified atom stereocenters. The van der Waals surface area contributed by atoms with E-state index in [-0.39, 0.29) is 29.7 Å². The molecule has 0 spiro atoms. The molecule has 0 fully saturated rings. The zero-order chi connectivity index (χ0) is 32.4. The second-order valence-electron chi connectivity index (χ2n) is 11.0. The Kier molecular flexibility index (Phi) is 11.8. The van der Waals surface area contributed by atoms with E-state index in [1.54, 1.807) is 42.5 Å². The lowest BCUT2D eigenvalue weighted by Crippen LogP contribution is -2.53. The summed E-state index contributed by atoms with van der Waals surface area (Å²) in [6.07, 6.45) is 0.248. The first-order valence-corrected chi connectivity index (χ1v) is 16.9. The molecular weight excluding hydrogens is 654 g/mol. The number of benzene rings is 4. The van der Waals surface area contributed by atoms with Crippen molar-refractivity contribution in [3.05, 3.63) is 125 Å². The van der Waals surface area contributed by atoms with Gasteiger partial charge in [0.05, 0.1) is 17.7 Å². The molecule has 4 aromatic carbocycles.